The van der Waals surface area contributed by atoms with Gasteiger partial charge in [-0.25, -0.2) is 18.9 Å². The number of methoxy groups -OCH3 is 1. The normalized spacial score (nSPS) is 25.6. The number of ether oxygens (including phenoxy) is 1. The number of carbonyl (C=O) groups is 2. The molecule has 2 amide bonds. The van der Waals surface area contributed by atoms with E-state index in [0.717, 1.165) is 75.4 Å². The van der Waals surface area contributed by atoms with E-state index < -0.39 is 11.9 Å². The number of aromatic nitrogens is 6. The first-order chi connectivity index (χ1) is 29.3. The van der Waals surface area contributed by atoms with Gasteiger partial charge in [-0.1, -0.05) is 0 Å². The fraction of sp³-hybridized carbons (Fsp3) is 0.465. The summed E-state index contributed by atoms with van der Waals surface area (Å²) in [6, 6.07) is 9.49. The van der Waals surface area contributed by atoms with Gasteiger partial charge in [0, 0.05) is 87.4 Å². The molecule has 1 aromatic carbocycles. The Morgan fingerprint density at radius 2 is 1.73 bits per heavy atom. The topological polar surface area (TPSA) is 188 Å². The number of halogens is 1. The number of nitrogens with one attached hydrogen (secondary N) is 2. The van der Waals surface area contributed by atoms with E-state index >= 15 is 4.39 Å². The van der Waals surface area contributed by atoms with Crippen LogP contribution in [0.2, 0.25) is 0 Å². The summed E-state index contributed by atoms with van der Waals surface area (Å²) in [7, 11) is 1.52. The molecule has 2 aliphatic carbocycles. The molecule has 3 aliphatic heterocycles. The highest BCUT2D eigenvalue weighted by Crippen LogP contribution is 2.51. The maximum Gasteiger partial charge on any atom is 0.249 e. The average molecular weight is 814 g/mol. The van der Waals surface area contributed by atoms with Crippen molar-refractivity contribution >= 4 is 34.5 Å². The number of hydrogen-bond donors (Lipinski definition) is 3. The van der Waals surface area contributed by atoms with Crippen molar-refractivity contribution in [2.24, 2.45) is 23.5 Å². The van der Waals surface area contributed by atoms with Gasteiger partial charge in [-0.3, -0.25) is 24.5 Å². The minimum Gasteiger partial charge on any atom is -0.495 e. The summed E-state index contributed by atoms with van der Waals surface area (Å²) in [4.78, 5) is 40.7. The first kappa shape index (κ1) is 38.1. The van der Waals surface area contributed by atoms with E-state index in [0.29, 0.717) is 82.9 Å². The van der Waals surface area contributed by atoms with E-state index in [-0.39, 0.29) is 24.2 Å². The highest BCUT2D eigenvalue weighted by Gasteiger charge is 2.54. The van der Waals surface area contributed by atoms with Gasteiger partial charge in [-0.2, -0.15) is 15.5 Å². The number of pyridine rings is 1. The second-order valence-corrected chi connectivity index (χ2v) is 16.8. The van der Waals surface area contributed by atoms with E-state index in [2.05, 4.69) is 47.4 Å². The Labute approximate surface area is 346 Å². The third kappa shape index (κ3) is 6.96. The smallest absolute Gasteiger partial charge is 0.249 e. The van der Waals surface area contributed by atoms with Gasteiger partial charge in [0.25, 0.3) is 0 Å². The lowest BCUT2D eigenvalue weighted by Gasteiger charge is -2.42. The van der Waals surface area contributed by atoms with Gasteiger partial charge in [-0.05, 0) is 68.5 Å². The Morgan fingerprint density at radius 3 is 2.43 bits per heavy atom. The zero-order valence-electron chi connectivity index (χ0n) is 33.5. The number of piperazine rings is 1. The number of piperidine rings is 2. The molecule has 4 N–H and O–H groups in total. The molecule has 0 radical (unpaired) electrons. The molecule has 17 heteroatoms. The lowest BCUT2D eigenvalue weighted by molar-refractivity contribution is -0.133. The van der Waals surface area contributed by atoms with Gasteiger partial charge in [0.15, 0.2) is 0 Å². The van der Waals surface area contributed by atoms with Crippen LogP contribution in [0.1, 0.15) is 50.1 Å². The maximum absolute atomic E-state index is 15.6. The number of fused-ring (bicyclic) bond motifs is 2. The fourth-order valence-corrected chi connectivity index (χ4v) is 10.1. The number of hydrogen-bond acceptors (Lipinski definition) is 13. The quantitative estimate of drug-likeness (QED) is 0.173. The summed E-state index contributed by atoms with van der Waals surface area (Å²) in [5.74, 6) is 2.28. The number of amides is 2. The summed E-state index contributed by atoms with van der Waals surface area (Å²) in [6.45, 7) is 5.76. The van der Waals surface area contributed by atoms with Crippen molar-refractivity contribution in [2.45, 2.75) is 56.7 Å². The molecule has 10 rings (SSSR count). The van der Waals surface area contributed by atoms with Gasteiger partial charge < -0.3 is 25.6 Å². The summed E-state index contributed by atoms with van der Waals surface area (Å²) < 4.78 is 25.0. The summed E-state index contributed by atoms with van der Waals surface area (Å²) in [6.07, 6.45) is 13.8. The van der Waals surface area contributed by atoms with E-state index in [9.17, 15) is 14.9 Å². The minimum atomic E-state index is -0.637. The molecule has 0 spiro atoms. The van der Waals surface area contributed by atoms with Crippen LogP contribution in [0.3, 0.4) is 0 Å². The standard InChI is InChI=1S/C43H48FN13O3/c1-60-38-15-37(33(44)14-35(38)50-34-7-9-40(58)52-43(34)59)54-12-10-53(11-13-54)28-3-5-29(6-4-28)56-21-27(20-48-56)36-24-57-42(26(16-45)19-49-57)41(51-36)25-2-8-39(47-18-25)55-22-31-30(17-46)32(31)23-55/h2,8,14-15,18-21,24,28-32,34,50H,3-7,9-13,17,22-23,46H2,1H3,(H,52,58,59)/t28-,29-,30-,31-,32+,34?. The molecule has 4 aromatic heterocycles. The highest BCUT2D eigenvalue weighted by molar-refractivity contribution is 6.01. The van der Waals surface area contributed by atoms with Gasteiger partial charge in [0.05, 0.1) is 54.5 Å². The second-order valence-electron chi connectivity index (χ2n) is 16.8. The number of imide groups is 1. The van der Waals surface area contributed by atoms with Crippen LogP contribution in [0.5, 0.6) is 5.75 Å². The van der Waals surface area contributed by atoms with Crippen LogP contribution in [0, 0.1) is 34.9 Å². The first-order valence-corrected chi connectivity index (χ1v) is 21.0. The molecule has 310 valence electrons. The largest absolute Gasteiger partial charge is 0.495 e. The molecule has 5 fully saturated rings. The maximum atomic E-state index is 15.6. The van der Waals surface area contributed by atoms with E-state index in [1.165, 1.54) is 13.2 Å². The van der Waals surface area contributed by atoms with Crippen LogP contribution in [0.15, 0.2) is 55.2 Å². The van der Waals surface area contributed by atoms with Gasteiger partial charge in [0.2, 0.25) is 11.8 Å². The lowest BCUT2D eigenvalue weighted by atomic mass is 9.90. The Hall–Kier alpha value is -6.12. The monoisotopic (exact) mass is 813 g/mol. The predicted octanol–water partition coefficient (Wildman–Crippen LogP) is 3.84. The highest BCUT2D eigenvalue weighted by atomic mass is 19.1. The lowest BCUT2D eigenvalue weighted by Crippen LogP contribution is -2.51. The number of rotatable bonds is 10. The number of nitriles is 1. The number of carbonyl (C=O) groups excluding carboxylic acids is 2. The number of benzene rings is 1. The molecule has 5 aliphatic rings. The van der Waals surface area contributed by atoms with Crippen LogP contribution in [-0.2, 0) is 9.59 Å². The molecule has 3 saturated heterocycles. The van der Waals surface area contributed by atoms with Crippen molar-refractivity contribution in [1.82, 2.24) is 39.6 Å². The average Bonchev–Trinajstić information content (AvgIpc) is 3.73. The van der Waals surface area contributed by atoms with Crippen molar-refractivity contribution in [2.75, 3.05) is 68.0 Å². The molecular formula is C43H48FN13O3. The molecule has 60 heavy (non-hydrogen) atoms. The summed E-state index contributed by atoms with van der Waals surface area (Å²) in [5.41, 5.74) is 11.0. The van der Waals surface area contributed by atoms with Crippen LogP contribution < -0.4 is 30.9 Å². The summed E-state index contributed by atoms with van der Waals surface area (Å²) in [5, 5.41) is 24.6. The molecule has 1 unspecified atom stereocenters. The molecule has 5 aromatic rings. The van der Waals surface area contributed by atoms with E-state index in [1.807, 2.05) is 30.7 Å². The zero-order chi connectivity index (χ0) is 41.1. The first-order valence-electron chi connectivity index (χ1n) is 21.0. The fourth-order valence-electron chi connectivity index (χ4n) is 10.1. The Morgan fingerprint density at radius 1 is 0.950 bits per heavy atom. The Balaban J connectivity index is 0.772. The van der Waals surface area contributed by atoms with Crippen molar-refractivity contribution in [1.29, 1.82) is 5.26 Å². The molecule has 0 bridgehead atoms. The molecule has 4 atom stereocenters. The third-order valence-corrected chi connectivity index (χ3v) is 13.6. The Kier molecular flexibility index (Phi) is 9.83. The van der Waals surface area contributed by atoms with Crippen molar-refractivity contribution < 1.29 is 18.7 Å². The Bertz CT molecular complexity index is 2470. The van der Waals surface area contributed by atoms with Gasteiger partial charge >= 0.3 is 0 Å². The van der Waals surface area contributed by atoms with Crippen LogP contribution >= 0.6 is 0 Å². The molecule has 16 nitrogen and oxygen atoms in total. The predicted molar refractivity (Wildman–Crippen MR) is 222 cm³/mol. The minimum absolute atomic E-state index is 0.225. The van der Waals surface area contributed by atoms with E-state index in [1.54, 1.807) is 16.8 Å². The van der Waals surface area contributed by atoms with E-state index in [4.69, 9.17) is 25.5 Å². The number of nitrogens with zero attached hydrogens (tertiary/aromatic N) is 10. The summed E-state index contributed by atoms with van der Waals surface area (Å²) >= 11 is 0. The second kappa shape index (κ2) is 15.5. The third-order valence-electron chi connectivity index (χ3n) is 13.6. The van der Waals surface area contributed by atoms with Crippen molar-refractivity contribution in [3.63, 3.8) is 0 Å². The molecular weight excluding hydrogens is 766 g/mol. The van der Waals surface area contributed by atoms with Crippen LogP contribution in [0.4, 0.5) is 21.6 Å². The van der Waals surface area contributed by atoms with Crippen molar-refractivity contribution in [3.05, 3.63) is 66.6 Å². The van der Waals surface area contributed by atoms with Crippen molar-refractivity contribution in [3.8, 4) is 34.3 Å². The molecule has 7 heterocycles. The van der Waals surface area contributed by atoms with Gasteiger partial charge in [0.1, 0.15) is 40.6 Å². The van der Waals surface area contributed by atoms with Crippen LogP contribution in [-0.4, -0.2) is 111 Å². The number of nitrogens with two attached hydrogens (primary N) is 1. The van der Waals surface area contributed by atoms with Gasteiger partial charge in [-0.15, -0.1) is 0 Å². The SMILES string of the molecule is COc1cc(N2CCN([C@H]3CC[C@H](n4cc(-c5cn6ncc(C#N)c6c(-c6ccc(N7C[C@@H]8[C@@H](CN)[C@@H]8C7)nc6)n5)cn4)CC3)CC2)c(F)cc1NC1CCC(=O)NC1=O. The number of anilines is 3. The molecule has 2 saturated carbocycles. The zero-order valence-corrected chi connectivity index (χ0v) is 33.5. The van der Waals surface area contributed by atoms with Crippen LogP contribution in [0.25, 0.3) is 28.0 Å².